The normalized spacial score (nSPS) is 11.8. The van der Waals surface area contributed by atoms with E-state index >= 15 is 0 Å². The minimum atomic E-state index is 0.472. The van der Waals surface area contributed by atoms with Crippen LogP contribution in [-0.2, 0) is 17.7 Å². The average molecular weight is 401 g/mol. The van der Waals surface area contributed by atoms with Crippen molar-refractivity contribution in [1.82, 2.24) is 15.8 Å². The Morgan fingerprint density at radius 3 is 2.62 bits per heavy atom. The van der Waals surface area contributed by atoms with E-state index in [0.717, 1.165) is 69.3 Å². The molecule has 0 fully saturated rings. The van der Waals surface area contributed by atoms with Gasteiger partial charge in [-0.2, -0.15) is 0 Å². The molecular formula is C23H36N4O2. The number of hydrogen-bond donors (Lipinski definition) is 2. The Morgan fingerprint density at radius 1 is 1.10 bits per heavy atom. The smallest absolute Gasteiger partial charge is 0.191 e. The highest BCUT2D eigenvalue weighted by Gasteiger charge is 2.13. The first-order valence-corrected chi connectivity index (χ1v) is 10.8. The zero-order valence-electron chi connectivity index (χ0n) is 18.1. The first-order chi connectivity index (χ1) is 14.3. The van der Waals surface area contributed by atoms with E-state index in [0.29, 0.717) is 12.5 Å². The Morgan fingerprint density at radius 2 is 1.90 bits per heavy atom. The molecule has 0 radical (unpaired) electrons. The fraction of sp³-hybridized carbons (Fsp3) is 0.565. The summed E-state index contributed by atoms with van der Waals surface area (Å²) in [6, 6.07) is 12.5. The van der Waals surface area contributed by atoms with Gasteiger partial charge in [-0.25, -0.2) is 0 Å². The largest absolute Gasteiger partial charge is 0.381 e. The van der Waals surface area contributed by atoms with Crippen molar-refractivity contribution in [3.8, 4) is 0 Å². The molecule has 0 unspecified atom stereocenters. The van der Waals surface area contributed by atoms with Crippen LogP contribution in [0.25, 0.3) is 0 Å². The first-order valence-electron chi connectivity index (χ1n) is 10.8. The third-order valence-corrected chi connectivity index (χ3v) is 5.02. The van der Waals surface area contributed by atoms with Crippen LogP contribution in [-0.4, -0.2) is 37.9 Å². The summed E-state index contributed by atoms with van der Waals surface area (Å²) in [5.41, 5.74) is 2.37. The number of nitrogens with zero attached hydrogens (tertiary/aromatic N) is 2. The number of rotatable bonds is 13. The van der Waals surface area contributed by atoms with Gasteiger partial charge >= 0.3 is 0 Å². The summed E-state index contributed by atoms with van der Waals surface area (Å²) in [6.07, 6.45) is 5.19. The fourth-order valence-corrected chi connectivity index (χ4v) is 3.18. The van der Waals surface area contributed by atoms with Crippen LogP contribution in [0.3, 0.4) is 0 Å². The van der Waals surface area contributed by atoms with Crippen molar-refractivity contribution >= 4 is 5.96 Å². The Kier molecular flexibility index (Phi) is 10.9. The molecule has 0 aliphatic heterocycles. The van der Waals surface area contributed by atoms with Crippen molar-refractivity contribution in [2.75, 3.05) is 26.8 Å². The van der Waals surface area contributed by atoms with E-state index in [4.69, 9.17) is 9.26 Å². The molecule has 2 N–H and O–H groups in total. The van der Waals surface area contributed by atoms with Crippen LogP contribution < -0.4 is 10.6 Å². The second-order valence-corrected chi connectivity index (χ2v) is 7.14. The van der Waals surface area contributed by atoms with E-state index in [1.165, 1.54) is 5.56 Å². The van der Waals surface area contributed by atoms with Crippen LogP contribution in [0.5, 0.6) is 0 Å². The number of nitrogens with one attached hydrogen (secondary N) is 2. The molecule has 0 amide bonds. The second-order valence-electron chi connectivity index (χ2n) is 7.14. The number of hydrogen-bond acceptors (Lipinski definition) is 4. The van der Waals surface area contributed by atoms with E-state index in [-0.39, 0.29) is 0 Å². The van der Waals surface area contributed by atoms with Gasteiger partial charge in [-0.05, 0) is 37.7 Å². The van der Waals surface area contributed by atoms with E-state index in [1.54, 1.807) is 7.05 Å². The van der Waals surface area contributed by atoms with Crippen LogP contribution in [0.15, 0.2) is 45.9 Å². The lowest BCUT2D eigenvalue weighted by molar-refractivity contribution is 0.133. The number of aliphatic imine (C=N–C) groups is 1. The summed E-state index contributed by atoms with van der Waals surface area (Å²) < 4.78 is 11.2. The van der Waals surface area contributed by atoms with Crippen molar-refractivity contribution in [1.29, 1.82) is 0 Å². The van der Waals surface area contributed by atoms with Gasteiger partial charge in [-0.1, -0.05) is 49.3 Å². The van der Waals surface area contributed by atoms with Gasteiger partial charge in [-0.3, -0.25) is 4.99 Å². The van der Waals surface area contributed by atoms with Crippen molar-refractivity contribution in [2.24, 2.45) is 4.99 Å². The molecule has 0 bridgehead atoms. The lowest BCUT2D eigenvalue weighted by atomic mass is 9.99. The molecule has 0 saturated carbocycles. The molecule has 6 heteroatoms. The predicted molar refractivity (Wildman–Crippen MR) is 118 cm³/mol. The fourth-order valence-electron chi connectivity index (χ4n) is 3.18. The van der Waals surface area contributed by atoms with Crippen molar-refractivity contribution in [3.05, 3.63) is 53.4 Å². The Hall–Kier alpha value is -2.34. The van der Waals surface area contributed by atoms with Gasteiger partial charge in [0.2, 0.25) is 0 Å². The maximum Gasteiger partial charge on any atom is 0.191 e. The highest BCUT2D eigenvalue weighted by Crippen LogP contribution is 2.22. The zero-order valence-corrected chi connectivity index (χ0v) is 18.1. The summed E-state index contributed by atoms with van der Waals surface area (Å²) >= 11 is 0. The molecule has 1 aromatic carbocycles. The van der Waals surface area contributed by atoms with Crippen LogP contribution >= 0.6 is 0 Å². The minimum Gasteiger partial charge on any atom is -0.381 e. The van der Waals surface area contributed by atoms with Crippen molar-refractivity contribution in [3.63, 3.8) is 0 Å². The minimum absolute atomic E-state index is 0.472. The Labute approximate surface area is 175 Å². The number of guanidine groups is 1. The Balaban J connectivity index is 1.54. The lowest BCUT2D eigenvalue weighted by Crippen LogP contribution is -2.37. The van der Waals surface area contributed by atoms with E-state index in [1.807, 2.05) is 12.1 Å². The molecule has 0 atom stereocenters. The standard InChI is InChI=1S/C23H36N4O2/c1-4-20(5-2)22-17-21(29-27-22)18-26-23(24-3)25-14-9-10-15-28-16-13-19-11-7-6-8-12-19/h6-8,11-12,17,20H,4-5,9-10,13-16,18H2,1-3H3,(H2,24,25,26). The van der Waals surface area contributed by atoms with Crippen LogP contribution in [0.4, 0.5) is 0 Å². The quantitative estimate of drug-likeness (QED) is 0.298. The van der Waals surface area contributed by atoms with Gasteiger partial charge in [0, 0.05) is 32.2 Å². The molecule has 0 spiro atoms. The number of aromatic nitrogens is 1. The molecule has 0 aliphatic rings. The van der Waals surface area contributed by atoms with Crippen LogP contribution in [0, 0.1) is 0 Å². The number of ether oxygens (including phenoxy) is 1. The van der Waals surface area contributed by atoms with Crippen LogP contribution in [0.1, 0.15) is 62.5 Å². The molecule has 0 saturated heterocycles. The monoisotopic (exact) mass is 400 g/mol. The predicted octanol–water partition coefficient (Wildman–Crippen LogP) is 4.28. The van der Waals surface area contributed by atoms with Gasteiger partial charge in [0.25, 0.3) is 0 Å². The average Bonchev–Trinajstić information content (AvgIpc) is 3.22. The van der Waals surface area contributed by atoms with Crippen molar-refractivity contribution in [2.45, 2.75) is 58.4 Å². The summed E-state index contributed by atoms with van der Waals surface area (Å²) in [6.45, 7) is 7.36. The molecule has 0 aliphatic carbocycles. The molecule has 29 heavy (non-hydrogen) atoms. The molecular weight excluding hydrogens is 364 g/mol. The topological polar surface area (TPSA) is 71.7 Å². The SMILES string of the molecule is CCC(CC)c1cc(CNC(=NC)NCCCCOCCc2ccccc2)on1. The maximum atomic E-state index is 5.72. The van der Waals surface area contributed by atoms with Gasteiger partial charge in [0.15, 0.2) is 11.7 Å². The highest BCUT2D eigenvalue weighted by atomic mass is 16.5. The molecule has 6 nitrogen and oxygen atoms in total. The Bertz CT molecular complexity index is 696. The molecule has 2 rings (SSSR count). The third-order valence-electron chi connectivity index (χ3n) is 5.02. The summed E-state index contributed by atoms with van der Waals surface area (Å²) in [5.74, 6) is 2.08. The van der Waals surface area contributed by atoms with Gasteiger partial charge in [0.1, 0.15) is 0 Å². The summed E-state index contributed by atoms with van der Waals surface area (Å²) in [5, 5.41) is 10.8. The van der Waals surface area contributed by atoms with Crippen LogP contribution in [0.2, 0.25) is 0 Å². The third kappa shape index (κ3) is 8.69. The summed E-state index contributed by atoms with van der Waals surface area (Å²) in [4.78, 5) is 4.26. The molecule has 1 heterocycles. The first kappa shape index (κ1) is 22.9. The van der Waals surface area contributed by atoms with Gasteiger partial charge < -0.3 is 19.9 Å². The van der Waals surface area contributed by atoms with Gasteiger partial charge in [-0.15, -0.1) is 0 Å². The van der Waals surface area contributed by atoms with E-state index in [9.17, 15) is 0 Å². The highest BCUT2D eigenvalue weighted by molar-refractivity contribution is 5.79. The molecule has 2 aromatic rings. The second kappa shape index (κ2) is 13.8. The number of unbranched alkanes of at least 4 members (excludes halogenated alkanes) is 1. The lowest BCUT2D eigenvalue weighted by Gasteiger charge is -2.10. The molecule has 160 valence electrons. The molecule has 1 aromatic heterocycles. The maximum absolute atomic E-state index is 5.72. The summed E-state index contributed by atoms with van der Waals surface area (Å²) in [7, 11) is 1.78. The van der Waals surface area contributed by atoms with Gasteiger partial charge in [0.05, 0.1) is 18.8 Å². The zero-order chi connectivity index (χ0) is 20.7. The van der Waals surface area contributed by atoms with E-state index < -0.39 is 0 Å². The van der Waals surface area contributed by atoms with E-state index in [2.05, 4.69) is 58.9 Å². The van der Waals surface area contributed by atoms with Crippen molar-refractivity contribution < 1.29 is 9.26 Å². The number of benzene rings is 1.